The van der Waals surface area contributed by atoms with Crippen molar-refractivity contribution >= 4 is 40.6 Å². The van der Waals surface area contributed by atoms with Crippen LogP contribution in [0.4, 0.5) is 0 Å². The molecule has 1 aliphatic carbocycles. The van der Waals surface area contributed by atoms with E-state index in [1.165, 1.54) is 19.3 Å². The van der Waals surface area contributed by atoms with Gasteiger partial charge in [-0.3, -0.25) is 14.5 Å². The lowest BCUT2D eigenvalue weighted by Gasteiger charge is -2.35. The van der Waals surface area contributed by atoms with E-state index < -0.39 is 0 Å². The Labute approximate surface area is 188 Å². The maximum absolute atomic E-state index is 13.7. The summed E-state index contributed by atoms with van der Waals surface area (Å²) in [5.41, 5.74) is 1.55. The van der Waals surface area contributed by atoms with Crippen molar-refractivity contribution in [2.45, 2.75) is 51.0 Å². The predicted molar refractivity (Wildman–Crippen MR) is 120 cm³/mol. The summed E-state index contributed by atoms with van der Waals surface area (Å²) in [7, 11) is 2.07. The van der Waals surface area contributed by atoms with Crippen LogP contribution in [-0.2, 0) is 9.59 Å². The van der Waals surface area contributed by atoms with E-state index in [4.69, 9.17) is 23.2 Å². The van der Waals surface area contributed by atoms with Crippen molar-refractivity contribution in [1.29, 1.82) is 0 Å². The molecule has 0 spiro atoms. The molecule has 2 aliphatic heterocycles. The number of imide groups is 1. The number of amides is 2. The number of rotatable bonds is 3. The minimum Gasteiger partial charge on any atom is -0.364 e. The van der Waals surface area contributed by atoms with Gasteiger partial charge in [0.2, 0.25) is 0 Å². The van der Waals surface area contributed by atoms with E-state index >= 15 is 0 Å². The van der Waals surface area contributed by atoms with Crippen LogP contribution in [0.2, 0.25) is 10.0 Å². The van der Waals surface area contributed by atoms with Gasteiger partial charge in [0.25, 0.3) is 11.8 Å². The molecule has 30 heavy (non-hydrogen) atoms. The first kappa shape index (κ1) is 21.7. The van der Waals surface area contributed by atoms with Crippen molar-refractivity contribution in [3.05, 3.63) is 39.5 Å². The van der Waals surface area contributed by atoms with E-state index in [2.05, 4.69) is 16.8 Å². The van der Waals surface area contributed by atoms with Crippen LogP contribution in [0.3, 0.4) is 0 Å². The fourth-order valence-electron chi connectivity index (χ4n) is 4.82. The normalized spacial score (nSPS) is 22.6. The highest BCUT2D eigenvalue weighted by atomic mass is 35.5. The quantitative estimate of drug-likeness (QED) is 0.639. The van der Waals surface area contributed by atoms with Gasteiger partial charge in [-0.25, -0.2) is 0 Å². The number of carbonyl (C=O) groups excluding carboxylic acids is 2. The van der Waals surface area contributed by atoms with Gasteiger partial charge in [-0.05, 0) is 32.0 Å². The van der Waals surface area contributed by atoms with Crippen molar-refractivity contribution in [3.63, 3.8) is 0 Å². The van der Waals surface area contributed by atoms with Gasteiger partial charge in [-0.1, -0.05) is 61.4 Å². The summed E-state index contributed by atoms with van der Waals surface area (Å²) < 4.78 is 0. The topological polar surface area (TPSA) is 43.9 Å². The molecule has 7 heteroatoms. The van der Waals surface area contributed by atoms with Crippen molar-refractivity contribution in [2.75, 3.05) is 33.2 Å². The Hall–Kier alpha value is -1.56. The third-order valence-electron chi connectivity index (χ3n) is 6.55. The molecule has 1 aromatic rings. The lowest BCUT2D eigenvalue weighted by atomic mass is 9.95. The number of hydrogen-bond donors (Lipinski definition) is 0. The molecule has 0 bridgehead atoms. The van der Waals surface area contributed by atoms with Gasteiger partial charge in [0, 0.05) is 42.8 Å². The molecule has 1 saturated heterocycles. The number of halogens is 2. The lowest BCUT2D eigenvalue weighted by Crippen LogP contribution is -2.47. The molecule has 2 amide bonds. The number of benzene rings is 1. The standard InChI is InChI=1S/C23H29Cl2N3O2/c1-26-11-13-27(14-12-26)21-20(18-10-9-16(24)15-19(18)25)22(29)28(23(21)30)17-7-5-3-2-4-6-8-17/h9-10,15,17H,2-8,11-14H2,1H3. The van der Waals surface area contributed by atoms with Crippen LogP contribution in [-0.4, -0.2) is 65.8 Å². The summed E-state index contributed by atoms with van der Waals surface area (Å²) in [6.07, 6.45) is 7.46. The highest BCUT2D eigenvalue weighted by Crippen LogP contribution is 2.38. The highest BCUT2D eigenvalue weighted by molar-refractivity contribution is 6.41. The average Bonchev–Trinajstić information content (AvgIpc) is 2.93. The van der Waals surface area contributed by atoms with E-state index in [0.29, 0.717) is 26.9 Å². The van der Waals surface area contributed by atoms with Gasteiger partial charge in [-0.2, -0.15) is 0 Å². The van der Waals surface area contributed by atoms with Crippen LogP contribution in [0, 0.1) is 0 Å². The molecule has 5 nitrogen and oxygen atoms in total. The molecular weight excluding hydrogens is 421 g/mol. The average molecular weight is 450 g/mol. The molecular formula is C23H29Cl2N3O2. The van der Waals surface area contributed by atoms with Crippen molar-refractivity contribution in [3.8, 4) is 0 Å². The van der Waals surface area contributed by atoms with Crippen LogP contribution in [0.15, 0.2) is 23.9 Å². The molecule has 0 atom stereocenters. The summed E-state index contributed by atoms with van der Waals surface area (Å²) in [6.45, 7) is 3.15. The largest absolute Gasteiger partial charge is 0.364 e. The molecule has 0 radical (unpaired) electrons. The SMILES string of the molecule is CN1CCN(C2=C(c3ccc(Cl)cc3Cl)C(=O)N(C3CCCCCCC3)C2=O)CC1. The molecule has 3 aliphatic rings. The van der Waals surface area contributed by atoms with Crippen molar-refractivity contribution in [1.82, 2.24) is 14.7 Å². The summed E-state index contributed by atoms with van der Waals surface area (Å²) in [5, 5.41) is 0.920. The fourth-order valence-corrected chi connectivity index (χ4v) is 5.32. The van der Waals surface area contributed by atoms with Crippen LogP contribution in [0.5, 0.6) is 0 Å². The summed E-state index contributed by atoms with van der Waals surface area (Å²) >= 11 is 12.6. The number of hydrogen-bond acceptors (Lipinski definition) is 4. The number of likely N-dealkylation sites (N-methyl/N-ethyl adjacent to an activating group) is 1. The van der Waals surface area contributed by atoms with E-state index in [0.717, 1.165) is 51.9 Å². The molecule has 1 aromatic carbocycles. The number of nitrogens with zero attached hydrogens (tertiary/aromatic N) is 3. The van der Waals surface area contributed by atoms with Crippen LogP contribution >= 0.6 is 23.2 Å². The fraction of sp³-hybridized carbons (Fsp3) is 0.565. The minimum atomic E-state index is -0.205. The zero-order valence-corrected chi connectivity index (χ0v) is 19.0. The number of carbonyl (C=O) groups is 2. The Morgan fingerprint density at radius 3 is 2.13 bits per heavy atom. The third kappa shape index (κ3) is 4.25. The second-order valence-electron chi connectivity index (χ2n) is 8.62. The van der Waals surface area contributed by atoms with E-state index in [1.54, 1.807) is 23.1 Å². The first-order chi connectivity index (χ1) is 14.5. The van der Waals surface area contributed by atoms with Gasteiger partial charge in [0.15, 0.2) is 0 Å². The smallest absolute Gasteiger partial charge is 0.278 e. The summed E-state index contributed by atoms with van der Waals surface area (Å²) in [6, 6.07) is 5.11. The van der Waals surface area contributed by atoms with Gasteiger partial charge in [0.05, 0.1) is 10.6 Å². The summed E-state index contributed by atoms with van der Waals surface area (Å²) in [5.74, 6) is -0.361. The zero-order valence-electron chi connectivity index (χ0n) is 17.5. The zero-order chi connectivity index (χ0) is 21.3. The third-order valence-corrected chi connectivity index (χ3v) is 7.10. The molecule has 0 N–H and O–H groups in total. The van der Waals surface area contributed by atoms with Gasteiger partial charge in [-0.15, -0.1) is 0 Å². The Bertz CT molecular complexity index is 854. The van der Waals surface area contributed by atoms with Crippen molar-refractivity contribution in [2.24, 2.45) is 0 Å². The monoisotopic (exact) mass is 449 g/mol. The Kier molecular flexibility index (Phi) is 6.71. The van der Waals surface area contributed by atoms with E-state index in [-0.39, 0.29) is 17.9 Å². The van der Waals surface area contributed by atoms with Crippen LogP contribution in [0.1, 0.15) is 50.5 Å². The first-order valence-electron chi connectivity index (χ1n) is 11.0. The Balaban J connectivity index is 1.74. The second-order valence-corrected chi connectivity index (χ2v) is 9.46. The molecule has 162 valence electrons. The molecule has 0 aromatic heterocycles. The van der Waals surface area contributed by atoms with Gasteiger partial charge in [0.1, 0.15) is 5.70 Å². The maximum Gasteiger partial charge on any atom is 0.278 e. The highest BCUT2D eigenvalue weighted by Gasteiger charge is 2.45. The Morgan fingerprint density at radius 2 is 1.50 bits per heavy atom. The molecule has 4 rings (SSSR count). The molecule has 0 unspecified atom stereocenters. The number of piperazine rings is 1. The molecule has 2 fully saturated rings. The van der Waals surface area contributed by atoms with Gasteiger partial charge >= 0.3 is 0 Å². The van der Waals surface area contributed by atoms with Crippen LogP contribution in [0.25, 0.3) is 5.57 Å². The van der Waals surface area contributed by atoms with Gasteiger partial charge < -0.3 is 9.80 Å². The Morgan fingerprint density at radius 1 is 0.867 bits per heavy atom. The summed E-state index contributed by atoms with van der Waals surface area (Å²) in [4.78, 5) is 33.2. The first-order valence-corrected chi connectivity index (χ1v) is 11.7. The van der Waals surface area contributed by atoms with E-state index in [9.17, 15) is 9.59 Å². The molecule has 1 saturated carbocycles. The van der Waals surface area contributed by atoms with Crippen molar-refractivity contribution < 1.29 is 9.59 Å². The van der Waals surface area contributed by atoms with E-state index in [1.807, 2.05) is 0 Å². The molecule has 2 heterocycles. The predicted octanol–water partition coefficient (Wildman–Crippen LogP) is 4.43. The maximum atomic E-state index is 13.7. The lowest BCUT2D eigenvalue weighted by molar-refractivity contribution is -0.140. The second kappa shape index (κ2) is 9.29. The minimum absolute atomic E-state index is 0.0312. The van der Waals surface area contributed by atoms with Crippen LogP contribution < -0.4 is 0 Å².